The molecule has 2 N–H and O–H groups in total. The summed E-state index contributed by atoms with van der Waals surface area (Å²) in [5.74, 6) is -2.24. The number of hydrogen-bond donors (Lipinski definition) is 2. The van der Waals surface area contributed by atoms with Crippen molar-refractivity contribution < 1.29 is 28.8 Å². The highest BCUT2D eigenvalue weighted by molar-refractivity contribution is 8.01. The van der Waals surface area contributed by atoms with Gasteiger partial charge in [-0.3, -0.25) is 14.5 Å². The van der Waals surface area contributed by atoms with Crippen LogP contribution < -0.4 is 5.32 Å². The van der Waals surface area contributed by atoms with Crippen LogP contribution in [0.1, 0.15) is 0 Å². The van der Waals surface area contributed by atoms with E-state index in [0.29, 0.717) is 26.3 Å². The lowest BCUT2D eigenvalue weighted by Gasteiger charge is -2.55. The minimum absolute atomic E-state index is 0.115. The molecule has 1 unspecified atom stereocenters. The summed E-state index contributed by atoms with van der Waals surface area (Å²) in [6.45, 7) is 0. The van der Waals surface area contributed by atoms with E-state index in [4.69, 9.17) is 4.74 Å². The van der Waals surface area contributed by atoms with E-state index in [1.165, 1.54) is 42.0 Å². The van der Waals surface area contributed by atoms with Crippen molar-refractivity contribution in [3.05, 3.63) is 47.1 Å². The molecule has 4 rings (SSSR count). The first-order chi connectivity index (χ1) is 15.9. The summed E-state index contributed by atoms with van der Waals surface area (Å²) in [5, 5.41) is 19.3. The van der Waals surface area contributed by atoms with E-state index in [-0.39, 0.29) is 11.4 Å². The molecule has 1 aromatic carbocycles. The zero-order valence-electron chi connectivity index (χ0n) is 17.1. The van der Waals surface area contributed by atoms with Crippen LogP contribution in [0.15, 0.2) is 56.3 Å². The number of nitrogens with one attached hydrogen (secondary N) is 1. The molecule has 1 aromatic heterocycles. The molecule has 174 valence electrons. The molecule has 10 nitrogen and oxygen atoms in total. The van der Waals surface area contributed by atoms with Crippen LogP contribution in [0, 0.1) is 0 Å². The number of thioether (sulfide) groups is 2. The van der Waals surface area contributed by atoms with Gasteiger partial charge in [0, 0.05) is 18.6 Å². The molecule has 1 fully saturated rings. The highest BCUT2D eigenvalue weighted by atomic mass is 32.2. The van der Waals surface area contributed by atoms with Gasteiger partial charge in [0.25, 0.3) is 17.5 Å². The summed E-state index contributed by atoms with van der Waals surface area (Å²) in [7, 11) is 1.27. The molecule has 14 heteroatoms. The summed E-state index contributed by atoms with van der Waals surface area (Å²) in [6.07, 6.45) is 0. The van der Waals surface area contributed by atoms with Gasteiger partial charge in [0.05, 0.1) is 0 Å². The minimum Gasteiger partial charge on any atom is -0.611 e. The predicted octanol–water partition coefficient (Wildman–Crippen LogP) is 1.15. The summed E-state index contributed by atoms with van der Waals surface area (Å²) in [4.78, 5) is 39.4. The van der Waals surface area contributed by atoms with E-state index in [0.717, 1.165) is 4.90 Å². The molecule has 33 heavy (non-hydrogen) atoms. The number of methoxy groups -OCH3 is 1. The van der Waals surface area contributed by atoms with E-state index in [2.05, 4.69) is 15.5 Å². The third-order valence-corrected chi connectivity index (χ3v) is 9.58. The lowest BCUT2D eigenvalue weighted by Crippen LogP contribution is -2.81. The molecule has 0 radical (unpaired) electrons. The third-order valence-electron chi connectivity index (χ3n) is 4.94. The van der Waals surface area contributed by atoms with Crippen LogP contribution in [-0.4, -0.2) is 78.0 Å². The average molecular weight is 527 g/mol. The Kier molecular flexibility index (Phi) is 7.31. The van der Waals surface area contributed by atoms with Gasteiger partial charge in [-0.15, -0.1) is 22.0 Å². The fourth-order valence-corrected chi connectivity index (χ4v) is 7.45. The Morgan fingerprint density at radius 1 is 1.42 bits per heavy atom. The van der Waals surface area contributed by atoms with Gasteiger partial charge >= 0.3 is 5.97 Å². The van der Waals surface area contributed by atoms with Crippen LogP contribution in [0.3, 0.4) is 0 Å². The van der Waals surface area contributed by atoms with E-state index < -0.39 is 40.1 Å². The average Bonchev–Trinajstić information content (AvgIpc) is 3.34. The number of carboxylic acid groups (broad SMARTS) is 1. The van der Waals surface area contributed by atoms with Crippen molar-refractivity contribution in [3.63, 3.8) is 0 Å². The summed E-state index contributed by atoms with van der Waals surface area (Å²) in [5.41, 5.74) is 0.315. The summed E-state index contributed by atoms with van der Waals surface area (Å²) >= 11 is 2.38. The Bertz CT molecular complexity index is 1080. The lowest BCUT2D eigenvalue weighted by atomic mass is 9.98. The van der Waals surface area contributed by atoms with E-state index in [1.54, 1.807) is 35.8 Å². The summed E-state index contributed by atoms with van der Waals surface area (Å²) < 4.78 is 18.6. The van der Waals surface area contributed by atoms with Crippen molar-refractivity contribution in [3.8, 4) is 0 Å². The van der Waals surface area contributed by atoms with Crippen molar-refractivity contribution in [2.45, 2.75) is 20.3 Å². The molecule has 0 aliphatic carbocycles. The number of carboxylic acids is 1. The number of rotatable bonds is 9. The van der Waals surface area contributed by atoms with Gasteiger partial charge in [-0.1, -0.05) is 41.3 Å². The maximum Gasteiger partial charge on any atom is 0.352 e. The van der Waals surface area contributed by atoms with Crippen LogP contribution >= 0.6 is 34.9 Å². The van der Waals surface area contributed by atoms with E-state index >= 15 is 0 Å². The third kappa shape index (κ3) is 4.63. The predicted molar refractivity (Wildman–Crippen MR) is 124 cm³/mol. The Morgan fingerprint density at radius 3 is 2.82 bits per heavy atom. The Labute approximate surface area is 204 Å². The Morgan fingerprint density at radius 2 is 2.18 bits per heavy atom. The maximum atomic E-state index is 13.1. The molecular formula is C19H18N4O6S4. The van der Waals surface area contributed by atoms with E-state index in [9.17, 15) is 24.0 Å². The molecule has 2 amide bonds. The highest BCUT2D eigenvalue weighted by Gasteiger charge is 2.66. The largest absolute Gasteiger partial charge is 0.611 e. The molecule has 2 aromatic rings. The maximum absolute atomic E-state index is 13.1. The van der Waals surface area contributed by atoms with Gasteiger partial charge in [0.15, 0.2) is 15.0 Å². The standard InChI is InChI=1S/C19H18N4O6S4/c1-29-19(21-13(24)9-33(28)12-5-3-2-4-6-12)16(27)23-14(15(25)26)11(7-30-17(19)23)8-31-18-22-20-10-32-18/h2-6,10,17H,7-9H2,1H3,(H,21,24)(H,25,26)/t17-,19-,33?/m0/s1. The number of hydrogen-bond acceptors (Lipinski definition) is 10. The topological polar surface area (TPSA) is 145 Å². The van der Waals surface area contributed by atoms with Crippen molar-refractivity contribution >= 4 is 63.8 Å². The monoisotopic (exact) mass is 526 g/mol. The first-order valence-electron chi connectivity index (χ1n) is 9.46. The molecule has 2 aliphatic rings. The van der Waals surface area contributed by atoms with Crippen molar-refractivity contribution in [1.82, 2.24) is 20.4 Å². The van der Waals surface area contributed by atoms with Crippen molar-refractivity contribution in [1.29, 1.82) is 0 Å². The van der Waals surface area contributed by atoms with Crippen LogP contribution in [-0.2, 0) is 30.3 Å². The Hall–Kier alpha value is -2.10. The highest BCUT2D eigenvalue weighted by Crippen LogP contribution is 2.47. The quantitative estimate of drug-likeness (QED) is 0.211. The van der Waals surface area contributed by atoms with Crippen molar-refractivity contribution in [2.24, 2.45) is 0 Å². The lowest BCUT2D eigenvalue weighted by molar-refractivity contribution is -0.192. The zero-order chi connectivity index (χ0) is 23.6. The number of carbonyl (C=O) groups is 3. The summed E-state index contributed by atoms with van der Waals surface area (Å²) in [6, 6.07) is 8.50. The normalized spacial score (nSPS) is 23.0. The number of amides is 2. The number of carbonyl (C=O) groups excluding carboxylic acids is 2. The fourth-order valence-electron chi connectivity index (χ4n) is 3.45. The molecule has 3 heterocycles. The molecule has 3 atom stereocenters. The Balaban J connectivity index is 1.49. The van der Waals surface area contributed by atoms with Gasteiger partial charge in [0.2, 0.25) is 0 Å². The number of ether oxygens (including phenoxy) is 1. The van der Waals surface area contributed by atoms with Gasteiger partial charge in [-0.25, -0.2) is 4.79 Å². The first kappa shape index (κ1) is 24.0. The SMILES string of the molecule is CO[C@@]1(NC(=O)C[S+]([O-])c2ccccc2)C(=O)N2C(C(=O)O)=C(CSc3nncs3)CS[C@H]21. The van der Waals surface area contributed by atoms with Gasteiger partial charge in [-0.2, -0.15) is 0 Å². The van der Waals surface area contributed by atoms with E-state index in [1.807, 2.05) is 0 Å². The van der Waals surface area contributed by atoms with Crippen LogP contribution in [0.5, 0.6) is 0 Å². The molecule has 0 saturated carbocycles. The number of fused-ring (bicyclic) bond motifs is 1. The number of aliphatic carboxylic acids is 1. The second-order valence-electron chi connectivity index (χ2n) is 6.88. The molecular weight excluding hydrogens is 508 g/mol. The first-order valence-corrected chi connectivity index (χ1v) is 13.7. The van der Waals surface area contributed by atoms with Crippen molar-refractivity contribution in [2.75, 3.05) is 24.4 Å². The zero-order valence-corrected chi connectivity index (χ0v) is 20.4. The molecule has 0 bridgehead atoms. The fraction of sp³-hybridized carbons (Fsp3) is 0.316. The second kappa shape index (κ2) is 10.0. The smallest absolute Gasteiger partial charge is 0.352 e. The van der Waals surface area contributed by atoms with Gasteiger partial charge in [-0.05, 0) is 28.9 Å². The molecule has 1 saturated heterocycles. The minimum atomic E-state index is -1.72. The van der Waals surface area contributed by atoms with Crippen LogP contribution in [0.2, 0.25) is 0 Å². The number of β-lactam (4-membered cyclic amide) rings is 1. The molecule has 2 aliphatic heterocycles. The van der Waals surface area contributed by atoms with Gasteiger partial charge < -0.3 is 19.7 Å². The number of benzene rings is 1. The molecule has 0 spiro atoms. The number of aromatic nitrogens is 2. The second-order valence-corrected chi connectivity index (χ2v) is 11.5. The van der Waals surface area contributed by atoms with Crippen LogP contribution in [0.25, 0.3) is 0 Å². The van der Waals surface area contributed by atoms with Crippen LogP contribution in [0.4, 0.5) is 0 Å². The van der Waals surface area contributed by atoms with Gasteiger partial charge in [0.1, 0.15) is 16.6 Å². The number of nitrogens with zero attached hydrogens (tertiary/aromatic N) is 3.